The molecule has 2 heterocycles. The Balaban J connectivity index is 2.09. The van der Waals surface area contributed by atoms with Crippen LogP contribution in [0.3, 0.4) is 0 Å². The lowest BCUT2D eigenvalue weighted by Crippen LogP contribution is -2.13. The summed E-state index contributed by atoms with van der Waals surface area (Å²) in [5.41, 5.74) is 1.19. The first-order valence-corrected chi connectivity index (χ1v) is 7.15. The second-order valence-corrected chi connectivity index (χ2v) is 5.57. The first-order valence-electron chi connectivity index (χ1n) is 5.48. The molecule has 2 aromatic heterocycles. The summed E-state index contributed by atoms with van der Waals surface area (Å²) >= 11 is 4.76. The molecule has 2 rings (SSSR count). The maximum Gasteiger partial charge on any atom is 0.276 e. The zero-order valence-electron chi connectivity index (χ0n) is 10.4. The molecule has 5 nitrogen and oxygen atoms in total. The molecule has 100 valence electrons. The smallest absolute Gasteiger partial charge is 0.276 e. The number of pyridine rings is 1. The monoisotopic (exact) mass is 341 g/mol. The van der Waals surface area contributed by atoms with Crippen LogP contribution in [-0.4, -0.2) is 23.0 Å². The molecule has 0 radical (unpaired) electrons. The number of amides is 1. The molecule has 0 aromatic carbocycles. The van der Waals surface area contributed by atoms with Gasteiger partial charge in [0, 0.05) is 17.0 Å². The van der Waals surface area contributed by atoms with Gasteiger partial charge in [-0.3, -0.25) is 4.79 Å². The molecule has 0 spiro atoms. The molecule has 0 aliphatic carbocycles. The first kappa shape index (κ1) is 14.1. The standard InChI is InChI=1S/C12H12BrN3O2S/c1-7-8(13)3-4-10(14-7)16-12(17)9-6-19-11(15-9)5-18-2/h3-4,6H,5H2,1-2H3,(H,14,16,17). The van der Waals surface area contributed by atoms with Crippen LogP contribution in [0.4, 0.5) is 5.82 Å². The first-order chi connectivity index (χ1) is 9.10. The number of aromatic nitrogens is 2. The van der Waals surface area contributed by atoms with Crippen molar-refractivity contribution in [2.75, 3.05) is 12.4 Å². The Kier molecular flexibility index (Phi) is 4.62. The van der Waals surface area contributed by atoms with E-state index in [1.165, 1.54) is 11.3 Å². The number of carbonyl (C=O) groups is 1. The molecule has 0 aliphatic heterocycles. The number of ether oxygens (including phenoxy) is 1. The topological polar surface area (TPSA) is 64.1 Å². The maximum absolute atomic E-state index is 12.0. The number of halogens is 1. The van der Waals surface area contributed by atoms with Gasteiger partial charge in [0.2, 0.25) is 0 Å². The van der Waals surface area contributed by atoms with Gasteiger partial charge in [-0.05, 0) is 35.0 Å². The number of hydrogen-bond donors (Lipinski definition) is 1. The van der Waals surface area contributed by atoms with Crippen molar-refractivity contribution in [2.45, 2.75) is 13.5 Å². The van der Waals surface area contributed by atoms with E-state index in [0.717, 1.165) is 15.2 Å². The van der Waals surface area contributed by atoms with Crippen LogP contribution < -0.4 is 5.32 Å². The van der Waals surface area contributed by atoms with E-state index >= 15 is 0 Å². The van der Waals surface area contributed by atoms with Gasteiger partial charge < -0.3 is 10.1 Å². The number of rotatable bonds is 4. The van der Waals surface area contributed by atoms with E-state index in [4.69, 9.17) is 4.74 Å². The minimum atomic E-state index is -0.271. The van der Waals surface area contributed by atoms with Crippen molar-refractivity contribution in [2.24, 2.45) is 0 Å². The molecule has 0 bridgehead atoms. The summed E-state index contributed by atoms with van der Waals surface area (Å²) in [4.78, 5) is 20.4. The predicted octanol–water partition coefficient (Wildman–Crippen LogP) is 3.01. The van der Waals surface area contributed by atoms with Gasteiger partial charge in [-0.2, -0.15) is 0 Å². The van der Waals surface area contributed by atoms with E-state index in [-0.39, 0.29) is 5.91 Å². The van der Waals surface area contributed by atoms with E-state index in [1.807, 2.05) is 13.0 Å². The average molecular weight is 342 g/mol. The van der Waals surface area contributed by atoms with Crippen LogP contribution in [-0.2, 0) is 11.3 Å². The zero-order valence-corrected chi connectivity index (χ0v) is 12.8. The van der Waals surface area contributed by atoms with Crippen LogP contribution in [0.1, 0.15) is 21.2 Å². The average Bonchev–Trinajstić information content (AvgIpc) is 2.83. The number of anilines is 1. The molecule has 0 atom stereocenters. The van der Waals surface area contributed by atoms with E-state index < -0.39 is 0 Å². The highest BCUT2D eigenvalue weighted by atomic mass is 79.9. The van der Waals surface area contributed by atoms with Gasteiger partial charge >= 0.3 is 0 Å². The van der Waals surface area contributed by atoms with Gasteiger partial charge in [0.1, 0.15) is 16.5 Å². The number of nitrogens with one attached hydrogen (secondary N) is 1. The van der Waals surface area contributed by atoms with Crippen LogP contribution in [0.2, 0.25) is 0 Å². The van der Waals surface area contributed by atoms with Crippen LogP contribution in [0.5, 0.6) is 0 Å². The molecular weight excluding hydrogens is 330 g/mol. The van der Waals surface area contributed by atoms with Crippen LogP contribution >= 0.6 is 27.3 Å². The highest BCUT2D eigenvalue weighted by Gasteiger charge is 2.12. The Hall–Kier alpha value is -1.31. The van der Waals surface area contributed by atoms with E-state index in [1.54, 1.807) is 18.6 Å². The number of hydrogen-bond acceptors (Lipinski definition) is 5. The van der Waals surface area contributed by atoms with Crippen molar-refractivity contribution >= 4 is 39.0 Å². The molecule has 0 unspecified atom stereocenters. The van der Waals surface area contributed by atoms with Crippen molar-refractivity contribution in [3.8, 4) is 0 Å². The van der Waals surface area contributed by atoms with E-state index in [9.17, 15) is 4.79 Å². The van der Waals surface area contributed by atoms with Crippen LogP contribution in [0, 0.1) is 6.92 Å². The Morgan fingerprint density at radius 2 is 2.26 bits per heavy atom. The molecule has 2 aromatic rings. The van der Waals surface area contributed by atoms with E-state index in [2.05, 4.69) is 31.2 Å². The van der Waals surface area contributed by atoms with Gasteiger partial charge in [-0.15, -0.1) is 11.3 Å². The Morgan fingerprint density at radius 3 is 2.95 bits per heavy atom. The Labute approximate surface area is 123 Å². The summed E-state index contributed by atoms with van der Waals surface area (Å²) < 4.78 is 5.87. The second-order valence-electron chi connectivity index (χ2n) is 3.78. The normalized spacial score (nSPS) is 10.5. The quantitative estimate of drug-likeness (QED) is 0.928. The Morgan fingerprint density at radius 1 is 1.47 bits per heavy atom. The minimum Gasteiger partial charge on any atom is -0.378 e. The summed E-state index contributed by atoms with van der Waals surface area (Å²) in [7, 11) is 1.59. The molecule has 1 amide bonds. The van der Waals surface area contributed by atoms with Gasteiger partial charge in [0.15, 0.2) is 0 Å². The van der Waals surface area contributed by atoms with Gasteiger partial charge in [0.05, 0.1) is 12.3 Å². The van der Waals surface area contributed by atoms with Gasteiger partial charge in [-0.25, -0.2) is 9.97 Å². The number of thiazole rings is 1. The third kappa shape index (κ3) is 3.59. The predicted molar refractivity (Wildman–Crippen MR) is 77.5 cm³/mol. The molecule has 19 heavy (non-hydrogen) atoms. The summed E-state index contributed by atoms with van der Waals surface area (Å²) in [6.07, 6.45) is 0. The van der Waals surface area contributed by atoms with Crippen molar-refractivity contribution in [3.63, 3.8) is 0 Å². The summed E-state index contributed by atoms with van der Waals surface area (Å²) in [6, 6.07) is 3.58. The van der Waals surface area contributed by atoms with Gasteiger partial charge in [-0.1, -0.05) is 0 Å². The van der Waals surface area contributed by atoms with Crippen molar-refractivity contribution in [1.29, 1.82) is 0 Å². The molecule has 0 fully saturated rings. The zero-order chi connectivity index (χ0) is 13.8. The maximum atomic E-state index is 12.0. The molecule has 0 aliphatic rings. The summed E-state index contributed by atoms with van der Waals surface area (Å²) in [6.45, 7) is 2.27. The van der Waals surface area contributed by atoms with E-state index in [0.29, 0.717) is 18.1 Å². The lowest BCUT2D eigenvalue weighted by atomic mass is 10.3. The highest BCUT2D eigenvalue weighted by molar-refractivity contribution is 9.10. The minimum absolute atomic E-state index is 0.271. The van der Waals surface area contributed by atoms with Gasteiger partial charge in [0.25, 0.3) is 5.91 Å². The second kappa shape index (κ2) is 6.23. The lowest BCUT2D eigenvalue weighted by molar-refractivity contribution is 0.102. The fourth-order valence-electron chi connectivity index (χ4n) is 1.40. The number of aryl methyl sites for hydroxylation is 1. The molecule has 0 saturated carbocycles. The highest BCUT2D eigenvalue weighted by Crippen LogP contribution is 2.17. The third-order valence-corrected chi connectivity index (χ3v) is 3.98. The molecular formula is C12H12BrN3O2S. The van der Waals surface area contributed by atoms with Crippen molar-refractivity contribution in [1.82, 2.24) is 9.97 Å². The fourth-order valence-corrected chi connectivity index (χ4v) is 2.36. The van der Waals surface area contributed by atoms with Crippen LogP contribution in [0.15, 0.2) is 22.0 Å². The number of methoxy groups -OCH3 is 1. The Bertz CT molecular complexity index is 600. The van der Waals surface area contributed by atoms with Crippen molar-refractivity contribution < 1.29 is 9.53 Å². The SMILES string of the molecule is COCc1nc(C(=O)Nc2ccc(Br)c(C)n2)cs1. The number of carbonyl (C=O) groups excluding carboxylic acids is 1. The largest absolute Gasteiger partial charge is 0.378 e. The summed E-state index contributed by atoms with van der Waals surface area (Å²) in [5, 5.41) is 5.19. The fraction of sp³-hybridized carbons (Fsp3) is 0.250. The molecule has 7 heteroatoms. The summed E-state index contributed by atoms with van der Waals surface area (Å²) in [5.74, 6) is 0.236. The third-order valence-electron chi connectivity index (χ3n) is 2.32. The van der Waals surface area contributed by atoms with Crippen molar-refractivity contribution in [3.05, 3.63) is 38.4 Å². The molecule has 1 N–H and O–H groups in total. The lowest BCUT2D eigenvalue weighted by Gasteiger charge is -2.04. The van der Waals surface area contributed by atoms with Crippen LogP contribution in [0.25, 0.3) is 0 Å². The number of nitrogens with zero attached hydrogens (tertiary/aromatic N) is 2. The molecule has 0 saturated heterocycles.